The van der Waals surface area contributed by atoms with Crippen LogP contribution in [0.2, 0.25) is 0 Å². The summed E-state index contributed by atoms with van der Waals surface area (Å²) in [6, 6.07) is 0. The van der Waals surface area contributed by atoms with Crippen LogP contribution in [0.1, 0.15) is 38.5 Å². The van der Waals surface area contributed by atoms with Crippen LogP contribution in [0.15, 0.2) is 0 Å². The summed E-state index contributed by atoms with van der Waals surface area (Å²) in [5.74, 6) is -1.97. The second-order valence-corrected chi connectivity index (χ2v) is 7.07. The van der Waals surface area contributed by atoms with Crippen LogP contribution in [0.4, 0.5) is 0 Å². The Kier molecular flexibility index (Phi) is 4.24. The van der Waals surface area contributed by atoms with Crippen LogP contribution < -0.4 is 10.6 Å². The van der Waals surface area contributed by atoms with Crippen molar-refractivity contribution < 1.29 is 28.5 Å². The zero-order chi connectivity index (χ0) is 16.6. The van der Waals surface area contributed by atoms with Gasteiger partial charge in [0.05, 0.1) is 0 Å². The van der Waals surface area contributed by atoms with Crippen molar-refractivity contribution in [3.05, 3.63) is 0 Å². The second kappa shape index (κ2) is 6.25. The van der Waals surface area contributed by atoms with Gasteiger partial charge in [-0.25, -0.2) is 9.59 Å². The molecule has 0 bridgehead atoms. The molecular weight excluding hydrogens is 316 g/mol. The molecule has 0 aliphatic carbocycles. The highest BCUT2D eigenvalue weighted by molar-refractivity contribution is 6.29. The summed E-state index contributed by atoms with van der Waals surface area (Å²) in [6.45, 7) is 2.60. The van der Waals surface area contributed by atoms with Crippen LogP contribution in [-0.4, -0.2) is 61.9 Å². The average Bonchev–Trinajstić information content (AvgIpc) is 2.63. The van der Waals surface area contributed by atoms with Gasteiger partial charge in [0.15, 0.2) is 12.5 Å². The first-order valence-corrected chi connectivity index (χ1v) is 8.80. The van der Waals surface area contributed by atoms with Gasteiger partial charge in [0.2, 0.25) is 0 Å². The maximum Gasteiger partial charge on any atom is 0.419 e. The summed E-state index contributed by atoms with van der Waals surface area (Å²) < 4.78 is 22.1. The predicted molar refractivity (Wildman–Crippen MR) is 80.8 cm³/mol. The van der Waals surface area contributed by atoms with Crippen molar-refractivity contribution in [3.8, 4) is 0 Å². The lowest BCUT2D eigenvalue weighted by Crippen LogP contribution is -2.72. The highest BCUT2D eigenvalue weighted by Gasteiger charge is 2.54. The van der Waals surface area contributed by atoms with Crippen LogP contribution in [0.3, 0.4) is 0 Å². The Morgan fingerprint density at radius 2 is 1.25 bits per heavy atom. The third-order valence-corrected chi connectivity index (χ3v) is 5.51. The molecule has 134 valence electrons. The van der Waals surface area contributed by atoms with Gasteiger partial charge in [0, 0.05) is 26.3 Å². The zero-order valence-corrected chi connectivity index (χ0v) is 13.7. The van der Waals surface area contributed by atoms with Gasteiger partial charge in [0.1, 0.15) is 11.2 Å². The second-order valence-electron chi connectivity index (χ2n) is 7.07. The Morgan fingerprint density at radius 3 is 1.54 bits per heavy atom. The summed E-state index contributed by atoms with van der Waals surface area (Å²) in [5, 5.41) is 6.03. The van der Waals surface area contributed by atoms with Crippen molar-refractivity contribution in [1.29, 1.82) is 0 Å². The van der Waals surface area contributed by atoms with Crippen LogP contribution in [0, 0.1) is 0 Å². The molecule has 0 saturated carbocycles. The highest BCUT2D eigenvalue weighted by atomic mass is 16.6. The molecule has 0 aromatic carbocycles. The molecule has 4 aliphatic rings. The third-order valence-electron chi connectivity index (χ3n) is 5.51. The quantitative estimate of drug-likeness (QED) is 0.528. The predicted octanol–water partition coefficient (Wildman–Crippen LogP) is -0.190. The van der Waals surface area contributed by atoms with Crippen molar-refractivity contribution in [2.75, 3.05) is 26.3 Å². The normalized spacial score (nSPS) is 41.3. The van der Waals surface area contributed by atoms with E-state index in [9.17, 15) is 9.59 Å². The SMILES string of the molecule is O=C(OC1NCC12CCCCO2)C(=O)OC1NCC12CCCCO2. The molecule has 4 heterocycles. The van der Waals surface area contributed by atoms with Gasteiger partial charge < -0.3 is 18.9 Å². The van der Waals surface area contributed by atoms with Gasteiger partial charge in [-0.1, -0.05) is 0 Å². The largest absolute Gasteiger partial charge is 0.435 e. The Balaban J connectivity index is 1.29. The van der Waals surface area contributed by atoms with Gasteiger partial charge in [-0.05, 0) is 38.5 Å². The number of esters is 2. The van der Waals surface area contributed by atoms with Gasteiger partial charge in [-0.15, -0.1) is 0 Å². The van der Waals surface area contributed by atoms with Gasteiger partial charge in [-0.3, -0.25) is 10.6 Å². The molecule has 2 N–H and O–H groups in total. The Bertz CT molecular complexity index is 467. The number of rotatable bonds is 2. The maximum atomic E-state index is 12.1. The van der Waals surface area contributed by atoms with Gasteiger partial charge in [-0.2, -0.15) is 0 Å². The molecule has 4 unspecified atom stereocenters. The number of carbonyl (C=O) groups is 2. The van der Waals surface area contributed by atoms with E-state index >= 15 is 0 Å². The smallest absolute Gasteiger partial charge is 0.419 e. The first-order valence-electron chi connectivity index (χ1n) is 8.80. The van der Waals surface area contributed by atoms with E-state index in [0.29, 0.717) is 26.3 Å². The minimum Gasteiger partial charge on any atom is -0.435 e. The van der Waals surface area contributed by atoms with E-state index in [1.807, 2.05) is 0 Å². The van der Waals surface area contributed by atoms with E-state index < -0.39 is 35.6 Å². The highest BCUT2D eigenvalue weighted by Crippen LogP contribution is 2.35. The van der Waals surface area contributed by atoms with E-state index in [0.717, 1.165) is 38.5 Å². The van der Waals surface area contributed by atoms with Crippen LogP contribution in [-0.2, 0) is 28.5 Å². The molecular formula is C16H24N2O6. The number of hydrogen-bond donors (Lipinski definition) is 2. The maximum absolute atomic E-state index is 12.1. The molecule has 4 atom stereocenters. The fraction of sp³-hybridized carbons (Fsp3) is 0.875. The summed E-state index contributed by atoms with van der Waals surface area (Å²) in [4.78, 5) is 24.1. The Morgan fingerprint density at radius 1 is 0.792 bits per heavy atom. The van der Waals surface area contributed by atoms with Crippen LogP contribution >= 0.6 is 0 Å². The first kappa shape index (κ1) is 16.3. The fourth-order valence-electron chi connectivity index (χ4n) is 3.87. The van der Waals surface area contributed by atoms with E-state index in [2.05, 4.69) is 10.6 Å². The minimum atomic E-state index is -0.986. The summed E-state index contributed by atoms with van der Waals surface area (Å²) in [5.41, 5.74) is -0.951. The molecule has 0 radical (unpaired) electrons. The molecule has 4 rings (SSSR count). The molecule has 24 heavy (non-hydrogen) atoms. The van der Waals surface area contributed by atoms with Crippen LogP contribution in [0.5, 0.6) is 0 Å². The molecule has 0 aromatic heterocycles. The number of carbonyl (C=O) groups excluding carboxylic acids is 2. The van der Waals surface area contributed by atoms with E-state index in [1.165, 1.54) is 0 Å². The summed E-state index contributed by atoms with van der Waals surface area (Å²) in [6.07, 6.45) is 4.60. The van der Waals surface area contributed by atoms with Gasteiger partial charge >= 0.3 is 11.9 Å². The first-order chi connectivity index (χ1) is 11.6. The molecule has 2 spiro atoms. The monoisotopic (exact) mass is 340 g/mol. The topological polar surface area (TPSA) is 95.1 Å². The Labute approximate surface area is 140 Å². The molecule has 4 fully saturated rings. The minimum absolute atomic E-state index is 0.476. The van der Waals surface area contributed by atoms with Crippen molar-refractivity contribution in [1.82, 2.24) is 10.6 Å². The van der Waals surface area contributed by atoms with Gasteiger partial charge in [0.25, 0.3) is 0 Å². The van der Waals surface area contributed by atoms with Crippen molar-refractivity contribution >= 4 is 11.9 Å². The third kappa shape index (κ3) is 2.71. The summed E-state index contributed by atoms with van der Waals surface area (Å²) >= 11 is 0. The standard InChI is InChI=1S/C16H24N2O6/c19-11(23-13-15(9-17-13)5-1-3-7-21-15)12(20)24-14-16(10-18-14)6-2-4-8-22-16/h13-14,17-18H,1-10H2. The van der Waals surface area contributed by atoms with Crippen molar-refractivity contribution in [2.45, 2.75) is 62.2 Å². The number of hydrogen-bond acceptors (Lipinski definition) is 8. The van der Waals surface area contributed by atoms with E-state index in [4.69, 9.17) is 18.9 Å². The van der Waals surface area contributed by atoms with Crippen molar-refractivity contribution in [3.63, 3.8) is 0 Å². The van der Waals surface area contributed by atoms with Crippen molar-refractivity contribution in [2.24, 2.45) is 0 Å². The fourth-order valence-corrected chi connectivity index (χ4v) is 3.87. The van der Waals surface area contributed by atoms with E-state index in [-0.39, 0.29) is 0 Å². The summed E-state index contributed by atoms with van der Waals surface area (Å²) in [7, 11) is 0. The molecule has 0 amide bonds. The Hall–Kier alpha value is -1.22. The van der Waals surface area contributed by atoms with E-state index in [1.54, 1.807) is 0 Å². The average molecular weight is 340 g/mol. The zero-order valence-electron chi connectivity index (χ0n) is 13.7. The molecule has 8 nitrogen and oxygen atoms in total. The molecule has 0 aromatic rings. The number of ether oxygens (including phenoxy) is 4. The van der Waals surface area contributed by atoms with Crippen LogP contribution in [0.25, 0.3) is 0 Å². The lowest BCUT2D eigenvalue weighted by molar-refractivity contribution is -0.237. The molecule has 4 saturated heterocycles. The lowest BCUT2D eigenvalue weighted by Gasteiger charge is -2.51. The number of nitrogens with one attached hydrogen (secondary N) is 2. The molecule has 4 aliphatic heterocycles. The molecule has 8 heteroatoms. The lowest BCUT2D eigenvalue weighted by atomic mass is 9.86.